The molecule has 0 aliphatic carbocycles. The molecule has 1 aromatic carbocycles. The van der Waals surface area contributed by atoms with Gasteiger partial charge in [-0.1, -0.05) is 13.8 Å². The molecule has 0 fully saturated rings. The third-order valence-electron chi connectivity index (χ3n) is 4.27. The molecule has 0 saturated carbocycles. The van der Waals surface area contributed by atoms with Gasteiger partial charge in [0.2, 0.25) is 6.04 Å². The van der Waals surface area contributed by atoms with Crippen molar-refractivity contribution in [2.75, 3.05) is 5.32 Å². The molecule has 1 N–H and O–H groups in total. The number of carbonyl (C=O) groups excluding carboxylic acids is 1. The van der Waals surface area contributed by atoms with Gasteiger partial charge in [-0.2, -0.15) is 4.57 Å². The van der Waals surface area contributed by atoms with Gasteiger partial charge in [-0.25, -0.2) is 4.39 Å². The van der Waals surface area contributed by atoms with Crippen LogP contribution in [-0.2, 0) is 4.79 Å². The molecule has 1 atom stereocenters. The van der Waals surface area contributed by atoms with Crippen LogP contribution in [0, 0.1) is 5.82 Å². The Kier molecular flexibility index (Phi) is 5.85. The smallest absolute Gasteiger partial charge is 0.293 e. The third kappa shape index (κ3) is 4.38. The van der Waals surface area contributed by atoms with Crippen LogP contribution < -0.4 is 9.88 Å². The van der Waals surface area contributed by atoms with Gasteiger partial charge in [-0.05, 0) is 48.6 Å². The van der Waals surface area contributed by atoms with E-state index >= 15 is 0 Å². The normalized spacial score (nSPS) is 12.2. The van der Waals surface area contributed by atoms with Crippen molar-refractivity contribution in [2.24, 2.45) is 0 Å². The zero-order valence-corrected chi connectivity index (χ0v) is 13.9. The second-order valence-electron chi connectivity index (χ2n) is 5.76. The molecule has 2 aromatic rings. The molecule has 0 bridgehead atoms. The van der Waals surface area contributed by atoms with Gasteiger partial charge in [-0.15, -0.1) is 0 Å². The van der Waals surface area contributed by atoms with Gasteiger partial charge in [0.1, 0.15) is 5.82 Å². The molecule has 1 amide bonds. The summed E-state index contributed by atoms with van der Waals surface area (Å²) in [6.45, 7) is 6.22. The first-order chi connectivity index (χ1) is 11.0. The van der Waals surface area contributed by atoms with E-state index in [9.17, 15) is 9.18 Å². The summed E-state index contributed by atoms with van der Waals surface area (Å²) in [4.78, 5) is 12.3. The monoisotopic (exact) mass is 315 g/mol. The molecule has 2 rings (SSSR count). The maximum absolute atomic E-state index is 12.9. The molecule has 1 heterocycles. The van der Waals surface area contributed by atoms with Gasteiger partial charge in [0.15, 0.2) is 12.4 Å². The zero-order chi connectivity index (χ0) is 16.8. The molecule has 1 aromatic heterocycles. The van der Waals surface area contributed by atoms with E-state index in [2.05, 4.69) is 31.3 Å². The summed E-state index contributed by atoms with van der Waals surface area (Å²) in [6.07, 6.45) is 6.12. The molecule has 0 aliphatic rings. The topological polar surface area (TPSA) is 33.0 Å². The Labute approximate surface area is 137 Å². The van der Waals surface area contributed by atoms with Crippen molar-refractivity contribution >= 4 is 11.6 Å². The first-order valence-electron chi connectivity index (χ1n) is 8.12. The molecular formula is C19H24FN2O+. The number of pyridine rings is 1. The highest BCUT2D eigenvalue weighted by Gasteiger charge is 2.22. The number of anilines is 1. The molecule has 3 nitrogen and oxygen atoms in total. The Morgan fingerprint density at radius 2 is 1.65 bits per heavy atom. The lowest BCUT2D eigenvalue weighted by molar-refractivity contribution is -0.705. The maximum atomic E-state index is 12.9. The molecule has 122 valence electrons. The predicted molar refractivity (Wildman–Crippen MR) is 89.7 cm³/mol. The van der Waals surface area contributed by atoms with E-state index in [4.69, 9.17) is 0 Å². The second kappa shape index (κ2) is 7.86. The highest BCUT2D eigenvalue weighted by Crippen LogP contribution is 2.21. The average Bonchev–Trinajstić information content (AvgIpc) is 2.58. The van der Waals surface area contributed by atoms with Crippen molar-refractivity contribution in [3.8, 4) is 0 Å². The highest BCUT2D eigenvalue weighted by atomic mass is 19.1. The number of carbonyl (C=O) groups is 1. The summed E-state index contributed by atoms with van der Waals surface area (Å²) in [5, 5.41) is 2.80. The Hall–Kier alpha value is -2.23. The fraction of sp³-hybridized carbons (Fsp3) is 0.368. The lowest BCUT2D eigenvalue weighted by atomic mass is 9.95. The van der Waals surface area contributed by atoms with Crippen molar-refractivity contribution in [3.05, 3.63) is 60.2 Å². The van der Waals surface area contributed by atoms with Crippen LogP contribution in [0.15, 0.2) is 48.8 Å². The summed E-state index contributed by atoms with van der Waals surface area (Å²) in [6, 6.07) is 9.60. The Morgan fingerprint density at radius 3 is 2.17 bits per heavy atom. The fourth-order valence-electron chi connectivity index (χ4n) is 2.66. The van der Waals surface area contributed by atoms with Gasteiger partial charge < -0.3 is 5.32 Å². The van der Waals surface area contributed by atoms with Crippen molar-refractivity contribution in [3.63, 3.8) is 0 Å². The zero-order valence-electron chi connectivity index (χ0n) is 13.9. The summed E-state index contributed by atoms with van der Waals surface area (Å²) in [5.41, 5.74) is 1.90. The summed E-state index contributed by atoms with van der Waals surface area (Å²) in [5.74, 6) is 0.118. The number of aromatic nitrogens is 1. The summed E-state index contributed by atoms with van der Waals surface area (Å²) >= 11 is 0. The van der Waals surface area contributed by atoms with Crippen LogP contribution in [0.2, 0.25) is 0 Å². The lowest BCUT2D eigenvalue weighted by Crippen LogP contribution is -2.44. The van der Waals surface area contributed by atoms with Crippen molar-refractivity contribution in [1.82, 2.24) is 0 Å². The molecule has 0 spiro atoms. The van der Waals surface area contributed by atoms with E-state index < -0.39 is 0 Å². The number of amides is 1. The van der Waals surface area contributed by atoms with Gasteiger partial charge in [-0.3, -0.25) is 4.79 Å². The highest BCUT2D eigenvalue weighted by molar-refractivity contribution is 5.92. The number of nitrogens with one attached hydrogen (secondary N) is 1. The van der Waals surface area contributed by atoms with Crippen molar-refractivity contribution < 1.29 is 13.8 Å². The van der Waals surface area contributed by atoms with E-state index in [1.54, 1.807) is 12.1 Å². The van der Waals surface area contributed by atoms with Crippen LogP contribution in [0.25, 0.3) is 0 Å². The van der Waals surface area contributed by atoms with Crippen LogP contribution in [-0.4, -0.2) is 5.91 Å². The molecule has 0 unspecified atom stereocenters. The van der Waals surface area contributed by atoms with Crippen LogP contribution in [0.4, 0.5) is 10.1 Å². The standard InChI is InChI=1S/C19H23FN2O/c1-4-15(5-2)16-10-12-22(13-11-16)14(3)19(23)21-18-8-6-17(20)7-9-18/h6-15H,4-5H2,1-3H3/p+1/t14-/m0/s1. The SMILES string of the molecule is CCC(CC)c1cc[n+]([C@@H](C)C(=O)Nc2ccc(F)cc2)cc1. The molecule has 0 aliphatic heterocycles. The first-order valence-corrected chi connectivity index (χ1v) is 8.12. The van der Waals surface area contributed by atoms with E-state index in [0.29, 0.717) is 11.6 Å². The van der Waals surface area contributed by atoms with Gasteiger partial charge in [0.05, 0.1) is 0 Å². The number of nitrogens with zero attached hydrogens (tertiary/aromatic N) is 1. The Balaban J connectivity index is 2.05. The summed E-state index contributed by atoms with van der Waals surface area (Å²) in [7, 11) is 0. The molecule has 23 heavy (non-hydrogen) atoms. The van der Waals surface area contributed by atoms with Crippen LogP contribution in [0.1, 0.15) is 51.1 Å². The number of hydrogen-bond donors (Lipinski definition) is 1. The molecular weight excluding hydrogens is 291 g/mol. The van der Waals surface area contributed by atoms with Gasteiger partial charge in [0, 0.05) is 24.7 Å². The number of halogens is 1. The van der Waals surface area contributed by atoms with Crippen molar-refractivity contribution in [1.29, 1.82) is 0 Å². The van der Waals surface area contributed by atoms with Crippen LogP contribution >= 0.6 is 0 Å². The minimum Gasteiger partial charge on any atom is -0.320 e. The molecule has 0 radical (unpaired) electrons. The van der Waals surface area contributed by atoms with Crippen molar-refractivity contribution in [2.45, 2.75) is 45.6 Å². The number of benzene rings is 1. The Morgan fingerprint density at radius 1 is 1.09 bits per heavy atom. The number of hydrogen-bond acceptors (Lipinski definition) is 1. The summed E-state index contributed by atoms with van der Waals surface area (Å²) < 4.78 is 14.8. The van der Waals surface area contributed by atoms with E-state index in [1.807, 2.05) is 23.9 Å². The maximum Gasteiger partial charge on any atom is 0.293 e. The quantitative estimate of drug-likeness (QED) is 0.796. The Bertz CT molecular complexity index is 633. The lowest BCUT2D eigenvalue weighted by Gasteiger charge is -2.13. The fourth-order valence-corrected chi connectivity index (χ4v) is 2.66. The minimum absolute atomic E-state index is 0.128. The van der Waals surface area contributed by atoms with Crippen LogP contribution in [0.3, 0.4) is 0 Å². The average molecular weight is 315 g/mol. The molecule has 0 saturated heterocycles. The van der Waals surface area contributed by atoms with Gasteiger partial charge >= 0.3 is 0 Å². The third-order valence-corrected chi connectivity index (χ3v) is 4.27. The predicted octanol–water partition coefficient (Wildman–Crippen LogP) is 4.22. The molecule has 4 heteroatoms. The number of rotatable bonds is 6. The first kappa shape index (κ1) is 17.1. The minimum atomic E-state index is -0.337. The van der Waals surface area contributed by atoms with Crippen LogP contribution in [0.5, 0.6) is 0 Å². The van der Waals surface area contributed by atoms with E-state index in [1.165, 1.54) is 17.7 Å². The largest absolute Gasteiger partial charge is 0.320 e. The van der Waals surface area contributed by atoms with E-state index in [-0.39, 0.29) is 17.8 Å². The van der Waals surface area contributed by atoms with E-state index in [0.717, 1.165) is 12.8 Å². The second-order valence-corrected chi connectivity index (χ2v) is 5.76. The van der Waals surface area contributed by atoms with Gasteiger partial charge in [0.25, 0.3) is 5.91 Å².